The summed E-state index contributed by atoms with van der Waals surface area (Å²) in [5.41, 5.74) is 0.895. The van der Waals surface area contributed by atoms with E-state index in [9.17, 15) is 9.90 Å². The first-order valence-electron chi connectivity index (χ1n) is 11.6. The molecule has 0 radical (unpaired) electrons. The van der Waals surface area contributed by atoms with E-state index in [0.29, 0.717) is 18.6 Å². The van der Waals surface area contributed by atoms with Gasteiger partial charge in [0.1, 0.15) is 0 Å². The summed E-state index contributed by atoms with van der Waals surface area (Å²) >= 11 is 0. The average molecular weight is 391 g/mol. The molecule has 1 saturated heterocycles. The van der Waals surface area contributed by atoms with E-state index in [1.807, 2.05) is 0 Å². The molecule has 0 amide bonds. The Kier molecular flexibility index (Phi) is 6.06. The Labute approximate surface area is 170 Å². The Morgan fingerprint density at radius 1 is 1.07 bits per heavy atom. The Morgan fingerprint density at radius 2 is 1.68 bits per heavy atom. The zero-order valence-corrected chi connectivity index (χ0v) is 17.6. The highest BCUT2D eigenvalue weighted by molar-refractivity contribution is 5.86. The van der Waals surface area contributed by atoms with Gasteiger partial charge in [0.2, 0.25) is 0 Å². The Bertz CT molecular complexity index is 554. The first-order chi connectivity index (χ1) is 13.5. The number of carbonyl (C=O) groups is 1. The third-order valence-electron chi connectivity index (χ3n) is 8.03. The summed E-state index contributed by atoms with van der Waals surface area (Å²) in [6.45, 7) is 3.76. The van der Waals surface area contributed by atoms with Gasteiger partial charge in [0.15, 0.2) is 0 Å². The maximum absolute atomic E-state index is 11.8. The summed E-state index contributed by atoms with van der Waals surface area (Å²) in [6, 6.07) is 0. The van der Waals surface area contributed by atoms with E-state index in [1.54, 1.807) is 6.26 Å². The highest BCUT2D eigenvalue weighted by Crippen LogP contribution is 2.62. The fourth-order valence-corrected chi connectivity index (χ4v) is 6.92. The maximum Gasteiger partial charge on any atom is 0.334 e. The second-order valence-corrected chi connectivity index (χ2v) is 10.6. The van der Waals surface area contributed by atoms with Gasteiger partial charge in [0.05, 0.1) is 30.6 Å². The van der Waals surface area contributed by atoms with Gasteiger partial charge in [-0.2, -0.15) is 0 Å². The van der Waals surface area contributed by atoms with Gasteiger partial charge in [-0.05, 0) is 94.3 Å². The summed E-state index contributed by atoms with van der Waals surface area (Å²) < 4.78 is 11.3. The first-order valence-corrected chi connectivity index (χ1v) is 11.6. The smallest absolute Gasteiger partial charge is 0.334 e. The highest BCUT2D eigenvalue weighted by Gasteiger charge is 2.51. The van der Waals surface area contributed by atoms with E-state index >= 15 is 0 Å². The van der Waals surface area contributed by atoms with Crippen molar-refractivity contribution in [2.75, 3.05) is 13.2 Å². The SMILES string of the molecule is CC1(CCCCCCOC=C(CC23CC4CC(CC(C4)C2)C3)C(=O)O)CCO1. The van der Waals surface area contributed by atoms with Crippen LogP contribution < -0.4 is 0 Å². The number of rotatable bonds is 11. The van der Waals surface area contributed by atoms with Gasteiger partial charge < -0.3 is 14.6 Å². The van der Waals surface area contributed by atoms with Crippen LogP contribution in [0.4, 0.5) is 0 Å². The zero-order chi connectivity index (χ0) is 19.6. The van der Waals surface area contributed by atoms with E-state index in [-0.39, 0.29) is 11.0 Å². The van der Waals surface area contributed by atoms with Crippen LogP contribution in [-0.4, -0.2) is 29.9 Å². The number of carboxylic acids is 1. The molecule has 1 aliphatic heterocycles. The number of hydrogen-bond acceptors (Lipinski definition) is 3. The summed E-state index contributed by atoms with van der Waals surface area (Å²) in [5, 5.41) is 9.69. The molecule has 0 aromatic heterocycles. The molecule has 4 heteroatoms. The molecule has 1 atom stereocenters. The van der Waals surface area contributed by atoms with E-state index in [4.69, 9.17) is 9.47 Å². The average Bonchev–Trinajstić information content (AvgIpc) is 2.60. The van der Waals surface area contributed by atoms with E-state index in [1.165, 1.54) is 57.8 Å². The quantitative estimate of drug-likeness (QED) is 0.279. The molecule has 0 aromatic rings. The van der Waals surface area contributed by atoms with Crippen molar-refractivity contribution in [2.45, 2.75) is 96.0 Å². The molecule has 5 fully saturated rings. The van der Waals surface area contributed by atoms with Crippen molar-refractivity contribution in [3.05, 3.63) is 11.8 Å². The topological polar surface area (TPSA) is 55.8 Å². The lowest BCUT2D eigenvalue weighted by molar-refractivity contribution is -0.139. The second kappa shape index (κ2) is 8.38. The molecule has 0 spiro atoms. The molecular weight excluding hydrogens is 352 g/mol. The van der Waals surface area contributed by atoms with Crippen molar-refractivity contribution in [3.63, 3.8) is 0 Å². The molecular formula is C24H38O4. The predicted octanol–water partition coefficient (Wildman–Crippen LogP) is 5.71. The normalized spacial score (nSPS) is 39.0. The van der Waals surface area contributed by atoms with Crippen molar-refractivity contribution in [2.24, 2.45) is 23.2 Å². The number of aliphatic carboxylic acids is 1. The zero-order valence-electron chi connectivity index (χ0n) is 17.6. The largest absolute Gasteiger partial charge is 0.501 e. The third kappa shape index (κ3) is 4.75. The molecule has 158 valence electrons. The highest BCUT2D eigenvalue weighted by atomic mass is 16.5. The third-order valence-corrected chi connectivity index (χ3v) is 8.03. The minimum Gasteiger partial charge on any atom is -0.501 e. The number of carboxylic acid groups (broad SMARTS) is 1. The Hall–Kier alpha value is -1.03. The van der Waals surface area contributed by atoms with Crippen molar-refractivity contribution < 1.29 is 19.4 Å². The van der Waals surface area contributed by atoms with E-state index in [2.05, 4.69) is 6.92 Å². The number of ether oxygens (including phenoxy) is 2. The van der Waals surface area contributed by atoms with Crippen LogP contribution in [0.5, 0.6) is 0 Å². The molecule has 5 rings (SSSR count). The minimum atomic E-state index is -0.788. The maximum atomic E-state index is 11.8. The summed E-state index contributed by atoms with van der Waals surface area (Å²) in [6.07, 6.45) is 17.1. The van der Waals surface area contributed by atoms with Gasteiger partial charge in [0, 0.05) is 0 Å². The van der Waals surface area contributed by atoms with Crippen LogP contribution in [0, 0.1) is 23.2 Å². The van der Waals surface area contributed by atoms with Crippen LogP contribution in [0.1, 0.15) is 90.4 Å². The van der Waals surface area contributed by atoms with E-state index in [0.717, 1.165) is 43.6 Å². The molecule has 4 saturated carbocycles. The van der Waals surface area contributed by atoms with Crippen LogP contribution in [0.2, 0.25) is 0 Å². The van der Waals surface area contributed by atoms with Gasteiger partial charge in [-0.1, -0.05) is 19.3 Å². The molecule has 1 heterocycles. The van der Waals surface area contributed by atoms with Gasteiger partial charge in [-0.3, -0.25) is 0 Å². The monoisotopic (exact) mass is 390 g/mol. The fourth-order valence-electron chi connectivity index (χ4n) is 6.92. The van der Waals surface area contributed by atoms with Crippen LogP contribution in [0.3, 0.4) is 0 Å². The van der Waals surface area contributed by atoms with Crippen molar-refractivity contribution in [1.82, 2.24) is 0 Å². The van der Waals surface area contributed by atoms with E-state index < -0.39 is 5.97 Å². The Morgan fingerprint density at radius 3 is 2.21 bits per heavy atom. The Balaban J connectivity index is 1.17. The lowest BCUT2D eigenvalue weighted by atomic mass is 9.48. The standard InChI is InChI=1S/C24H38O4/c1-23(7-9-28-23)6-4-2-3-5-8-27-17-21(22(25)26)16-24-13-18-10-19(14-24)12-20(11-18)15-24/h17-20H,2-16H2,1H3,(H,25,26). The van der Waals surface area contributed by atoms with Crippen LogP contribution >= 0.6 is 0 Å². The molecule has 1 unspecified atom stereocenters. The molecule has 4 bridgehead atoms. The molecule has 5 aliphatic rings. The molecule has 4 aliphatic carbocycles. The summed E-state index contributed by atoms with van der Waals surface area (Å²) in [7, 11) is 0. The van der Waals surface area contributed by atoms with Crippen LogP contribution in [-0.2, 0) is 14.3 Å². The second-order valence-electron chi connectivity index (χ2n) is 10.6. The van der Waals surface area contributed by atoms with Crippen molar-refractivity contribution in [1.29, 1.82) is 0 Å². The van der Waals surface area contributed by atoms with Crippen LogP contribution in [0.25, 0.3) is 0 Å². The van der Waals surface area contributed by atoms with Crippen LogP contribution in [0.15, 0.2) is 11.8 Å². The molecule has 1 N–H and O–H groups in total. The summed E-state index contributed by atoms with van der Waals surface area (Å²) in [5.74, 6) is 1.78. The number of unbranched alkanes of at least 4 members (excludes halogenated alkanes) is 3. The first kappa shape index (κ1) is 20.3. The fraction of sp³-hybridized carbons (Fsp3) is 0.875. The van der Waals surface area contributed by atoms with Gasteiger partial charge in [-0.15, -0.1) is 0 Å². The molecule has 28 heavy (non-hydrogen) atoms. The number of hydrogen-bond donors (Lipinski definition) is 1. The summed E-state index contributed by atoms with van der Waals surface area (Å²) in [4.78, 5) is 11.8. The van der Waals surface area contributed by atoms with Crippen molar-refractivity contribution >= 4 is 5.97 Å². The lowest BCUT2D eigenvalue weighted by Crippen LogP contribution is -2.46. The molecule has 0 aromatic carbocycles. The minimum absolute atomic E-state index is 0.146. The van der Waals surface area contributed by atoms with Gasteiger partial charge >= 0.3 is 5.97 Å². The van der Waals surface area contributed by atoms with Gasteiger partial charge in [0.25, 0.3) is 0 Å². The predicted molar refractivity (Wildman–Crippen MR) is 109 cm³/mol. The van der Waals surface area contributed by atoms with Crippen molar-refractivity contribution in [3.8, 4) is 0 Å². The lowest BCUT2D eigenvalue weighted by Gasteiger charge is -2.57. The van der Waals surface area contributed by atoms with Gasteiger partial charge in [-0.25, -0.2) is 4.79 Å². The molecule has 4 nitrogen and oxygen atoms in total.